The number of aryl methyl sites for hydroxylation is 3. The first-order valence-electron chi connectivity index (χ1n) is 7.62. The Morgan fingerprint density at radius 1 is 0.900 bits per heavy atom. The summed E-state index contributed by atoms with van der Waals surface area (Å²) in [6.45, 7) is 1.96. The highest BCUT2D eigenvalue weighted by Crippen LogP contribution is 2.41. The molecule has 102 valence electrons. The van der Waals surface area contributed by atoms with E-state index in [4.69, 9.17) is 0 Å². The van der Waals surface area contributed by atoms with E-state index in [0.717, 1.165) is 37.7 Å². The SMILES string of the molecule is CC1(O)CCCc2cc3c(cc21)-c1ccccc1CC3. The van der Waals surface area contributed by atoms with Gasteiger partial charge in [-0.05, 0) is 78.5 Å². The lowest BCUT2D eigenvalue weighted by atomic mass is 9.75. The van der Waals surface area contributed by atoms with Gasteiger partial charge in [0.05, 0.1) is 5.60 Å². The van der Waals surface area contributed by atoms with E-state index in [0.29, 0.717) is 0 Å². The van der Waals surface area contributed by atoms with Gasteiger partial charge < -0.3 is 5.11 Å². The van der Waals surface area contributed by atoms with Crippen molar-refractivity contribution in [2.75, 3.05) is 0 Å². The van der Waals surface area contributed by atoms with Crippen molar-refractivity contribution >= 4 is 0 Å². The molecule has 0 amide bonds. The number of rotatable bonds is 0. The molecule has 2 aromatic rings. The van der Waals surface area contributed by atoms with Crippen molar-refractivity contribution < 1.29 is 5.11 Å². The van der Waals surface area contributed by atoms with Crippen LogP contribution in [0.1, 0.15) is 42.0 Å². The van der Waals surface area contributed by atoms with Crippen LogP contribution in [0.3, 0.4) is 0 Å². The molecule has 2 aliphatic carbocycles. The van der Waals surface area contributed by atoms with E-state index in [2.05, 4.69) is 36.4 Å². The van der Waals surface area contributed by atoms with E-state index < -0.39 is 5.60 Å². The van der Waals surface area contributed by atoms with Gasteiger partial charge in [-0.1, -0.05) is 30.3 Å². The summed E-state index contributed by atoms with van der Waals surface area (Å²) in [5, 5.41) is 10.7. The quantitative estimate of drug-likeness (QED) is 0.762. The molecule has 20 heavy (non-hydrogen) atoms. The van der Waals surface area contributed by atoms with Crippen LogP contribution >= 0.6 is 0 Å². The lowest BCUT2D eigenvalue weighted by Gasteiger charge is -2.33. The summed E-state index contributed by atoms with van der Waals surface area (Å²) in [7, 11) is 0. The Labute approximate surface area is 120 Å². The Bertz CT molecular complexity index is 682. The molecule has 0 heterocycles. The van der Waals surface area contributed by atoms with Crippen LogP contribution in [0.5, 0.6) is 0 Å². The predicted octanol–water partition coefficient (Wildman–Crippen LogP) is 4.00. The topological polar surface area (TPSA) is 20.2 Å². The van der Waals surface area contributed by atoms with Crippen molar-refractivity contribution in [3.05, 3.63) is 58.7 Å². The smallest absolute Gasteiger partial charge is 0.0871 e. The number of hydrogen-bond donors (Lipinski definition) is 1. The van der Waals surface area contributed by atoms with Gasteiger partial charge in [0.1, 0.15) is 0 Å². The van der Waals surface area contributed by atoms with Crippen LogP contribution in [-0.2, 0) is 24.9 Å². The number of aliphatic hydroxyl groups is 1. The highest BCUT2D eigenvalue weighted by atomic mass is 16.3. The lowest BCUT2D eigenvalue weighted by Crippen LogP contribution is -2.27. The van der Waals surface area contributed by atoms with Crippen LogP contribution < -0.4 is 0 Å². The zero-order chi connectivity index (χ0) is 13.7. The molecule has 1 atom stereocenters. The minimum Gasteiger partial charge on any atom is -0.385 e. The van der Waals surface area contributed by atoms with Gasteiger partial charge in [-0.3, -0.25) is 0 Å². The Morgan fingerprint density at radius 2 is 1.70 bits per heavy atom. The molecule has 1 unspecified atom stereocenters. The van der Waals surface area contributed by atoms with E-state index in [9.17, 15) is 5.11 Å². The summed E-state index contributed by atoms with van der Waals surface area (Å²) in [5.41, 5.74) is 7.45. The van der Waals surface area contributed by atoms with E-state index in [1.807, 2.05) is 6.92 Å². The second-order valence-electron chi connectivity index (χ2n) is 6.45. The first-order valence-corrected chi connectivity index (χ1v) is 7.62. The molecule has 0 saturated carbocycles. The summed E-state index contributed by atoms with van der Waals surface area (Å²) in [6, 6.07) is 13.3. The molecule has 0 aliphatic heterocycles. The summed E-state index contributed by atoms with van der Waals surface area (Å²) in [4.78, 5) is 0. The maximum atomic E-state index is 10.7. The van der Waals surface area contributed by atoms with Crippen molar-refractivity contribution in [1.82, 2.24) is 0 Å². The van der Waals surface area contributed by atoms with Gasteiger partial charge >= 0.3 is 0 Å². The van der Waals surface area contributed by atoms with Crippen LogP contribution in [0.2, 0.25) is 0 Å². The third-order valence-corrected chi connectivity index (χ3v) is 4.99. The summed E-state index contributed by atoms with van der Waals surface area (Å²) < 4.78 is 0. The molecule has 1 nitrogen and oxygen atoms in total. The fraction of sp³-hybridized carbons (Fsp3) is 0.368. The Hall–Kier alpha value is -1.60. The maximum absolute atomic E-state index is 10.7. The Balaban J connectivity index is 1.96. The van der Waals surface area contributed by atoms with Gasteiger partial charge in [-0.15, -0.1) is 0 Å². The molecule has 1 heteroatoms. The number of hydrogen-bond acceptors (Lipinski definition) is 1. The first kappa shape index (κ1) is 12.2. The average Bonchev–Trinajstić information content (AvgIpc) is 2.45. The second kappa shape index (κ2) is 4.20. The van der Waals surface area contributed by atoms with E-state index >= 15 is 0 Å². The molecule has 0 saturated heterocycles. The monoisotopic (exact) mass is 264 g/mol. The molecular weight excluding hydrogens is 244 g/mol. The normalized spacial score (nSPS) is 23.7. The largest absolute Gasteiger partial charge is 0.385 e. The molecule has 0 fully saturated rings. The minimum absolute atomic E-state index is 0.658. The third-order valence-electron chi connectivity index (χ3n) is 4.99. The maximum Gasteiger partial charge on any atom is 0.0871 e. The molecule has 2 aliphatic rings. The van der Waals surface area contributed by atoms with Crippen molar-refractivity contribution in [2.45, 2.75) is 44.6 Å². The highest BCUT2D eigenvalue weighted by Gasteiger charge is 2.31. The van der Waals surface area contributed by atoms with Gasteiger partial charge in [-0.2, -0.15) is 0 Å². The lowest BCUT2D eigenvalue weighted by molar-refractivity contribution is 0.0387. The molecular formula is C19H20O. The van der Waals surface area contributed by atoms with Gasteiger partial charge in [0, 0.05) is 0 Å². The van der Waals surface area contributed by atoms with Gasteiger partial charge in [0.2, 0.25) is 0 Å². The molecule has 0 spiro atoms. The van der Waals surface area contributed by atoms with Crippen LogP contribution in [0.4, 0.5) is 0 Å². The standard InChI is InChI=1S/C19H20O/c1-19(20)10-4-6-15-11-14-9-8-13-5-2-3-7-16(13)17(14)12-18(15)19/h2-3,5,7,11-12,20H,4,6,8-10H2,1H3. The fourth-order valence-electron chi connectivity index (χ4n) is 3.89. The second-order valence-corrected chi connectivity index (χ2v) is 6.45. The number of benzene rings is 2. The Morgan fingerprint density at radius 3 is 2.60 bits per heavy atom. The van der Waals surface area contributed by atoms with Gasteiger partial charge in [0.25, 0.3) is 0 Å². The fourth-order valence-corrected chi connectivity index (χ4v) is 3.89. The van der Waals surface area contributed by atoms with Crippen molar-refractivity contribution in [2.24, 2.45) is 0 Å². The van der Waals surface area contributed by atoms with Crippen molar-refractivity contribution in [1.29, 1.82) is 0 Å². The van der Waals surface area contributed by atoms with Crippen LogP contribution in [-0.4, -0.2) is 5.11 Å². The van der Waals surface area contributed by atoms with Crippen LogP contribution in [0, 0.1) is 0 Å². The van der Waals surface area contributed by atoms with Crippen LogP contribution in [0.15, 0.2) is 36.4 Å². The molecule has 0 radical (unpaired) electrons. The first-order chi connectivity index (χ1) is 9.65. The van der Waals surface area contributed by atoms with Gasteiger partial charge in [-0.25, -0.2) is 0 Å². The molecule has 4 rings (SSSR count). The third kappa shape index (κ3) is 1.73. The highest BCUT2D eigenvalue weighted by molar-refractivity contribution is 5.74. The average molecular weight is 264 g/mol. The summed E-state index contributed by atoms with van der Waals surface area (Å²) in [6.07, 6.45) is 5.34. The van der Waals surface area contributed by atoms with Crippen molar-refractivity contribution in [3.63, 3.8) is 0 Å². The van der Waals surface area contributed by atoms with Crippen molar-refractivity contribution in [3.8, 4) is 11.1 Å². The summed E-state index contributed by atoms with van der Waals surface area (Å²) >= 11 is 0. The van der Waals surface area contributed by atoms with E-state index in [1.165, 1.54) is 27.8 Å². The summed E-state index contributed by atoms with van der Waals surface area (Å²) in [5.74, 6) is 0. The molecule has 0 bridgehead atoms. The molecule has 2 aromatic carbocycles. The molecule has 0 aromatic heterocycles. The molecule has 1 N–H and O–H groups in total. The van der Waals surface area contributed by atoms with E-state index in [-0.39, 0.29) is 0 Å². The predicted molar refractivity (Wildman–Crippen MR) is 81.8 cm³/mol. The zero-order valence-corrected chi connectivity index (χ0v) is 11.9. The van der Waals surface area contributed by atoms with E-state index in [1.54, 1.807) is 0 Å². The minimum atomic E-state index is -0.658. The number of fused-ring (bicyclic) bond motifs is 4. The zero-order valence-electron chi connectivity index (χ0n) is 11.9. The van der Waals surface area contributed by atoms with Crippen LogP contribution in [0.25, 0.3) is 11.1 Å². The van der Waals surface area contributed by atoms with Gasteiger partial charge in [0.15, 0.2) is 0 Å². The Kier molecular flexibility index (Phi) is 2.55.